The Hall–Kier alpha value is -0.970. The van der Waals surface area contributed by atoms with Gasteiger partial charge in [-0.3, -0.25) is 9.88 Å². The van der Waals surface area contributed by atoms with Crippen molar-refractivity contribution in [1.82, 2.24) is 14.8 Å². The van der Waals surface area contributed by atoms with E-state index in [1.807, 2.05) is 12.3 Å². The Balaban J connectivity index is 1.69. The molecule has 0 saturated carbocycles. The third kappa shape index (κ3) is 4.85. The molecule has 1 saturated heterocycles. The molecule has 0 amide bonds. The van der Waals surface area contributed by atoms with Crippen LogP contribution in [0.1, 0.15) is 19.5 Å². The summed E-state index contributed by atoms with van der Waals surface area (Å²) in [7, 11) is 0. The Kier molecular flexibility index (Phi) is 6.43. The minimum Gasteiger partial charge on any atom is -0.380 e. The molecule has 1 atom stereocenters. The van der Waals surface area contributed by atoms with Crippen molar-refractivity contribution in [2.24, 2.45) is 0 Å². The van der Waals surface area contributed by atoms with Crippen LogP contribution in [-0.4, -0.2) is 66.8 Å². The molecule has 1 aromatic heterocycles. The molecule has 0 spiro atoms. The first kappa shape index (κ1) is 15.4. The minimum atomic E-state index is 0.618. The molecule has 2 heterocycles. The highest BCUT2D eigenvalue weighted by Gasteiger charge is 2.22. The highest BCUT2D eigenvalue weighted by molar-refractivity contribution is 5.03. The number of aromatic nitrogens is 1. The summed E-state index contributed by atoms with van der Waals surface area (Å²) in [6.45, 7) is 11.7. The van der Waals surface area contributed by atoms with Crippen molar-refractivity contribution in [3.63, 3.8) is 0 Å². The molecule has 4 heteroatoms. The van der Waals surface area contributed by atoms with Gasteiger partial charge in [0.15, 0.2) is 0 Å². The van der Waals surface area contributed by atoms with Gasteiger partial charge in [-0.15, -0.1) is 0 Å². The van der Waals surface area contributed by atoms with Gasteiger partial charge >= 0.3 is 0 Å². The van der Waals surface area contributed by atoms with E-state index in [2.05, 4.69) is 40.8 Å². The first-order valence-corrected chi connectivity index (χ1v) is 7.73. The van der Waals surface area contributed by atoms with Gasteiger partial charge in [0.2, 0.25) is 0 Å². The van der Waals surface area contributed by atoms with E-state index in [9.17, 15) is 0 Å². The molecular formula is C16H27N3O. The van der Waals surface area contributed by atoms with Crippen LogP contribution < -0.4 is 0 Å². The fourth-order valence-electron chi connectivity index (χ4n) is 2.75. The van der Waals surface area contributed by atoms with Gasteiger partial charge in [0, 0.05) is 63.7 Å². The van der Waals surface area contributed by atoms with E-state index < -0.39 is 0 Å². The molecular weight excluding hydrogens is 250 g/mol. The highest BCUT2D eigenvalue weighted by Crippen LogP contribution is 2.10. The van der Waals surface area contributed by atoms with Crippen molar-refractivity contribution in [1.29, 1.82) is 0 Å². The number of piperazine rings is 1. The van der Waals surface area contributed by atoms with Crippen LogP contribution in [0.25, 0.3) is 0 Å². The van der Waals surface area contributed by atoms with Crippen molar-refractivity contribution in [2.75, 3.05) is 45.9 Å². The lowest BCUT2D eigenvalue weighted by molar-refractivity contribution is 0.0497. The first-order chi connectivity index (χ1) is 9.79. The lowest BCUT2D eigenvalue weighted by Crippen LogP contribution is -2.52. The Labute approximate surface area is 122 Å². The summed E-state index contributed by atoms with van der Waals surface area (Å²) in [6, 6.07) is 6.77. The molecule has 1 fully saturated rings. The molecule has 0 aliphatic carbocycles. The second-order valence-electron chi connectivity index (χ2n) is 5.45. The van der Waals surface area contributed by atoms with Crippen molar-refractivity contribution in [3.05, 3.63) is 30.1 Å². The predicted octanol–water partition coefficient (Wildman–Crippen LogP) is 1.67. The fourth-order valence-corrected chi connectivity index (χ4v) is 2.75. The zero-order chi connectivity index (χ0) is 14.2. The van der Waals surface area contributed by atoms with Crippen molar-refractivity contribution in [3.8, 4) is 0 Å². The smallest absolute Gasteiger partial charge is 0.0593 e. The summed E-state index contributed by atoms with van der Waals surface area (Å²) in [5.74, 6) is 0. The maximum Gasteiger partial charge on any atom is 0.0593 e. The van der Waals surface area contributed by atoms with E-state index in [0.29, 0.717) is 6.04 Å². The minimum absolute atomic E-state index is 0.618. The summed E-state index contributed by atoms with van der Waals surface area (Å²) in [6.07, 6.45) is 2.93. The van der Waals surface area contributed by atoms with E-state index in [0.717, 1.165) is 52.4 Å². The van der Waals surface area contributed by atoms with Crippen molar-refractivity contribution in [2.45, 2.75) is 26.3 Å². The zero-order valence-corrected chi connectivity index (χ0v) is 12.8. The van der Waals surface area contributed by atoms with Crippen LogP contribution in [0.15, 0.2) is 24.4 Å². The van der Waals surface area contributed by atoms with Crippen molar-refractivity contribution >= 4 is 0 Å². The number of nitrogens with zero attached hydrogens (tertiary/aromatic N) is 3. The molecule has 20 heavy (non-hydrogen) atoms. The maximum absolute atomic E-state index is 5.45. The van der Waals surface area contributed by atoms with Gasteiger partial charge in [0.25, 0.3) is 0 Å². The van der Waals surface area contributed by atoms with Gasteiger partial charge < -0.3 is 9.64 Å². The van der Waals surface area contributed by atoms with Gasteiger partial charge in [-0.1, -0.05) is 6.07 Å². The van der Waals surface area contributed by atoms with E-state index in [-0.39, 0.29) is 0 Å². The van der Waals surface area contributed by atoms with Crippen LogP contribution in [-0.2, 0) is 11.2 Å². The molecule has 0 aromatic carbocycles. The Morgan fingerprint density at radius 3 is 2.90 bits per heavy atom. The average molecular weight is 277 g/mol. The van der Waals surface area contributed by atoms with Crippen molar-refractivity contribution < 1.29 is 4.74 Å². The third-order valence-electron chi connectivity index (χ3n) is 3.99. The number of hydrogen-bond donors (Lipinski definition) is 0. The molecule has 0 bridgehead atoms. The number of ether oxygens (including phenoxy) is 1. The summed E-state index contributed by atoms with van der Waals surface area (Å²) < 4.78 is 5.45. The summed E-state index contributed by atoms with van der Waals surface area (Å²) in [4.78, 5) is 9.48. The van der Waals surface area contributed by atoms with Gasteiger partial charge in [-0.2, -0.15) is 0 Å². The van der Waals surface area contributed by atoms with Crippen LogP contribution in [0.3, 0.4) is 0 Å². The predicted molar refractivity (Wildman–Crippen MR) is 81.9 cm³/mol. The van der Waals surface area contributed by atoms with Crippen LogP contribution in [0.5, 0.6) is 0 Å². The van der Waals surface area contributed by atoms with E-state index in [4.69, 9.17) is 4.74 Å². The van der Waals surface area contributed by atoms with E-state index in [1.165, 1.54) is 5.69 Å². The van der Waals surface area contributed by atoms with E-state index >= 15 is 0 Å². The molecule has 0 radical (unpaired) electrons. The van der Waals surface area contributed by atoms with Crippen LogP contribution >= 0.6 is 0 Å². The topological polar surface area (TPSA) is 28.6 Å². The molecule has 1 aliphatic rings. The number of pyridine rings is 1. The normalized spacial score (nSPS) is 21.2. The molecule has 1 aromatic rings. The second-order valence-corrected chi connectivity index (χ2v) is 5.45. The zero-order valence-electron chi connectivity index (χ0n) is 12.8. The first-order valence-electron chi connectivity index (χ1n) is 7.73. The lowest BCUT2D eigenvalue weighted by Gasteiger charge is -2.39. The molecule has 112 valence electrons. The number of hydrogen-bond acceptors (Lipinski definition) is 4. The molecule has 1 aliphatic heterocycles. The van der Waals surface area contributed by atoms with Crippen LogP contribution in [0.2, 0.25) is 0 Å². The second kappa shape index (κ2) is 8.35. The Morgan fingerprint density at radius 1 is 1.30 bits per heavy atom. The Bertz CT molecular complexity index is 371. The summed E-state index contributed by atoms with van der Waals surface area (Å²) >= 11 is 0. The summed E-state index contributed by atoms with van der Waals surface area (Å²) in [5.41, 5.74) is 1.19. The van der Waals surface area contributed by atoms with Gasteiger partial charge in [0.1, 0.15) is 0 Å². The van der Waals surface area contributed by atoms with Crippen LogP contribution in [0, 0.1) is 0 Å². The highest BCUT2D eigenvalue weighted by atomic mass is 16.5. The third-order valence-corrected chi connectivity index (χ3v) is 3.99. The van der Waals surface area contributed by atoms with Gasteiger partial charge in [-0.05, 0) is 26.0 Å². The SMILES string of the molecule is CCOCCN1CCN(CCc2ccccn2)C[C@@H]1C. The molecule has 0 N–H and O–H groups in total. The Morgan fingerprint density at radius 2 is 2.20 bits per heavy atom. The quantitative estimate of drug-likeness (QED) is 0.709. The van der Waals surface area contributed by atoms with Gasteiger partial charge in [0.05, 0.1) is 6.61 Å². The summed E-state index contributed by atoms with van der Waals surface area (Å²) in [5, 5.41) is 0. The monoisotopic (exact) mass is 277 g/mol. The largest absolute Gasteiger partial charge is 0.380 e. The molecule has 4 nitrogen and oxygen atoms in total. The van der Waals surface area contributed by atoms with E-state index in [1.54, 1.807) is 0 Å². The van der Waals surface area contributed by atoms with Crippen LogP contribution in [0.4, 0.5) is 0 Å². The maximum atomic E-state index is 5.45. The molecule has 2 rings (SSSR count). The lowest BCUT2D eigenvalue weighted by atomic mass is 10.1. The fraction of sp³-hybridized carbons (Fsp3) is 0.688. The molecule has 0 unspecified atom stereocenters. The van der Waals surface area contributed by atoms with Gasteiger partial charge in [-0.25, -0.2) is 0 Å². The standard InChI is InChI=1S/C16H27N3O/c1-3-20-13-12-19-11-10-18(14-15(19)2)9-7-16-6-4-5-8-17-16/h4-6,8,15H,3,7,9-14H2,1-2H3/t15-/m0/s1. The average Bonchev–Trinajstić information content (AvgIpc) is 2.48. The number of rotatable bonds is 7.